The zero-order valence-electron chi connectivity index (χ0n) is 10.9. The summed E-state index contributed by atoms with van der Waals surface area (Å²) in [4.78, 5) is 13.7. The zero-order chi connectivity index (χ0) is 12.7. The summed E-state index contributed by atoms with van der Waals surface area (Å²) in [7, 11) is 3.43. The summed E-state index contributed by atoms with van der Waals surface area (Å²) in [6.45, 7) is 2.82. The Hall–Kier alpha value is -0.650. The summed E-state index contributed by atoms with van der Waals surface area (Å²) in [5.41, 5.74) is 5.50. The van der Waals surface area contributed by atoms with E-state index in [0.29, 0.717) is 18.9 Å². The molecule has 5 nitrogen and oxygen atoms in total. The second-order valence-corrected chi connectivity index (χ2v) is 4.63. The van der Waals surface area contributed by atoms with E-state index in [4.69, 9.17) is 15.2 Å². The number of methoxy groups -OCH3 is 1. The topological polar surface area (TPSA) is 64.8 Å². The van der Waals surface area contributed by atoms with E-state index in [0.717, 1.165) is 32.6 Å². The largest absolute Gasteiger partial charge is 0.381 e. The van der Waals surface area contributed by atoms with Crippen LogP contribution in [0.3, 0.4) is 0 Å². The van der Waals surface area contributed by atoms with Crippen LogP contribution in [0.2, 0.25) is 0 Å². The Morgan fingerprint density at radius 1 is 1.53 bits per heavy atom. The van der Waals surface area contributed by atoms with Gasteiger partial charge < -0.3 is 20.1 Å². The SMILES string of the molecule is COC(CN)CC(=O)N(C)CC1CCOCC1. The number of hydrogen-bond donors (Lipinski definition) is 1. The molecule has 0 aromatic rings. The molecule has 1 amide bonds. The minimum atomic E-state index is -0.167. The number of carbonyl (C=O) groups is 1. The molecule has 100 valence electrons. The van der Waals surface area contributed by atoms with Crippen molar-refractivity contribution in [3.8, 4) is 0 Å². The van der Waals surface area contributed by atoms with Gasteiger partial charge in [0.15, 0.2) is 0 Å². The van der Waals surface area contributed by atoms with Crippen LogP contribution in [0.4, 0.5) is 0 Å². The maximum Gasteiger partial charge on any atom is 0.224 e. The molecule has 1 aliphatic heterocycles. The highest BCUT2D eigenvalue weighted by molar-refractivity contribution is 5.76. The normalized spacial score (nSPS) is 19.0. The van der Waals surface area contributed by atoms with Crippen LogP contribution in [-0.4, -0.2) is 57.4 Å². The number of nitrogens with two attached hydrogens (primary N) is 1. The summed E-state index contributed by atoms with van der Waals surface area (Å²) in [6, 6.07) is 0. The molecule has 2 N–H and O–H groups in total. The standard InChI is InChI=1S/C12H24N2O3/c1-14(9-10-3-5-17-6-4-10)12(15)7-11(8-13)16-2/h10-11H,3-9,13H2,1-2H3. The Bertz CT molecular complexity index is 226. The number of ether oxygens (including phenoxy) is 2. The third kappa shape index (κ3) is 5.02. The Morgan fingerprint density at radius 3 is 2.71 bits per heavy atom. The molecule has 0 radical (unpaired) electrons. The van der Waals surface area contributed by atoms with E-state index < -0.39 is 0 Å². The van der Waals surface area contributed by atoms with E-state index in [1.165, 1.54) is 0 Å². The number of nitrogens with zero attached hydrogens (tertiary/aromatic N) is 1. The molecule has 0 aromatic heterocycles. The molecule has 0 aromatic carbocycles. The van der Waals surface area contributed by atoms with Crippen molar-refractivity contribution in [3.05, 3.63) is 0 Å². The van der Waals surface area contributed by atoms with Crippen molar-refractivity contribution in [2.24, 2.45) is 11.7 Å². The molecule has 0 saturated carbocycles. The van der Waals surface area contributed by atoms with Crippen molar-refractivity contribution in [1.29, 1.82) is 0 Å². The first kappa shape index (κ1) is 14.4. The summed E-state index contributed by atoms with van der Waals surface area (Å²) < 4.78 is 10.4. The fourth-order valence-corrected chi connectivity index (χ4v) is 2.03. The van der Waals surface area contributed by atoms with Gasteiger partial charge in [-0.15, -0.1) is 0 Å². The quantitative estimate of drug-likeness (QED) is 0.726. The molecule has 1 fully saturated rings. The zero-order valence-corrected chi connectivity index (χ0v) is 10.9. The van der Waals surface area contributed by atoms with Gasteiger partial charge in [-0.05, 0) is 18.8 Å². The van der Waals surface area contributed by atoms with Gasteiger partial charge in [0.25, 0.3) is 0 Å². The Morgan fingerprint density at radius 2 is 2.18 bits per heavy atom. The summed E-state index contributed by atoms with van der Waals surface area (Å²) in [6.07, 6.45) is 2.29. The lowest BCUT2D eigenvalue weighted by Crippen LogP contribution is -2.37. The molecule has 5 heteroatoms. The first-order valence-electron chi connectivity index (χ1n) is 6.22. The lowest BCUT2D eigenvalue weighted by molar-refractivity contribution is -0.133. The monoisotopic (exact) mass is 244 g/mol. The van der Waals surface area contributed by atoms with Crippen molar-refractivity contribution >= 4 is 5.91 Å². The fourth-order valence-electron chi connectivity index (χ4n) is 2.03. The summed E-state index contributed by atoms with van der Waals surface area (Å²) >= 11 is 0. The van der Waals surface area contributed by atoms with Gasteiger partial charge in [0.2, 0.25) is 5.91 Å². The maximum atomic E-state index is 11.9. The van der Waals surface area contributed by atoms with Crippen LogP contribution in [0.25, 0.3) is 0 Å². The molecule has 1 aliphatic rings. The third-order valence-corrected chi connectivity index (χ3v) is 3.30. The van der Waals surface area contributed by atoms with Crippen molar-refractivity contribution < 1.29 is 14.3 Å². The average Bonchev–Trinajstić information content (AvgIpc) is 2.36. The van der Waals surface area contributed by atoms with Gasteiger partial charge in [-0.25, -0.2) is 0 Å². The van der Waals surface area contributed by atoms with Crippen molar-refractivity contribution in [2.75, 3.05) is 40.5 Å². The van der Waals surface area contributed by atoms with Gasteiger partial charge in [-0.2, -0.15) is 0 Å². The van der Waals surface area contributed by atoms with Crippen LogP contribution in [0.5, 0.6) is 0 Å². The van der Waals surface area contributed by atoms with Crippen LogP contribution in [0, 0.1) is 5.92 Å². The lowest BCUT2D eigenvalue weighted by Gasteiger charge is -2.28. The Kier molecular flexibility index (Phi) is 6.47. The summed E-state index contributed by atoms with van der Waals surface area (Å²) in [5, 5.41) is 0. The molecule has 1 heterocycles. The summed E-state index contributed by atoms with van der Waals surface area (Å²) in [5.74, 6) is 0.672. The lowest BCUT2D eigenvalue weighted by atomic mass is 10.00. The molecule has 17 heavy (non-hydrogen) atoms. The Balaban J connectivity index is 2.30. The minimum absolute atomic E-state index is 0.105. The number of amides is 1. The van der Waals surface area contributed by atoms with E-state index in [2.05, 4.69) is 0 Å². The molecule has 0 bridgehead atoms. The van der Waals surface area contributed by atoms with Crippen molar-refractivity contribution in [1.82, 2.24) is 4.90 Å². The average molecular weight is 244 g/mol. The van der Waals surface area contributed by atoms with Crippen molar-refractivity contribution in [2.45, 2.75) is 25.4 Å². The van der Waals surface area contributed by atoms with Crippen LogP contribution in [-0.2, 0) is 14.3 Å². The highest BCUT2D eigenvalue weighted by Gasteiger charge is 2.20. The molecule has 1 rings (SSSR count). The highest BCUT2D eigenvalue weighted by Crippen LogP contribution is 2.16. The van der Waals surface area contributed by atoms with Crippen molar-refractivity contribution in [3.63, 3.8) is 0 Å². The molecular weight excluding hydrogens is 220 g/mol. The van der Waals surface area contributed by atoms with Gasteiger partial charge in [-0.3, -0.25) is 4.79 Å². The van der Waals surface area contributed by atoms with E-state index in [1.54, 1.807) is 12.0 Å². The molecule has 0 aliphatic carbocycles. The number of carbonyl (C=O) groups excluding carboxylic acids is 1. The van der Waals surface area contributed by atoms with Crippen LogP contribution >= 0.6 is 0 Å². The first-order chi connectivity index (χ1) is 8.17. The van der Waals surface area contributed by atoms with Gasteiger partial charge in [-0.1, -0.05) is 0 Å². The molecule has 1 unspecified atom stereocenters. The van der Waals surface area contributed by atoms with Crippen LogP contribution < -0.4 is 5.73 Å². The van der Waals surface area contributed by atoms with E-state index >= 15 is 0 Å². The van der Waals surface area contributed by atoms with E-state index in [-0.39, 0.29) is 12.0 Å². The van der Waals surface area contributed by atoms with Crippen LogP contribution in [0.1, 0.15) is 19.3 Å². The second kappa shape index (κ2) is 7.63. The minimum Gasteiger partial charge on any atom is -0.381 e. The van der Waals surface area contributed by atoms with Gasteiger partial charge in [0, 0.05) is 40.5 Å². The van der Waals surface area contributed by atoms with E-state index in [9.17, 15) is 4.79 Å². The smallest absolute Gasteiger partial charge is 0.224 e. The second-order valence-electron chi connectivity index (χ2n) is 4.63. The van der Waals surface area contributed by atoms with Gasteiger partial charge in [0.05, 0.1) is 12.5 Å². The molecule has 1 atom stereocenters. The predicted octanol–water partition coefficient (Wildman–Crippen LogP) is 0.235. The van der Waals surface area contributed by atoms with E-state index in [1.807, 2.05) is 7.05 Å². The number of hydrogen-bond acceptors (Lipinski definition) is 4. The molecule has 0 spiro atoms. The van der Waals surface area contributed by atoms with Gasteiger partial charge >= 0.3 is 0 Å². The predicted molar refractivity (Wildman–Crippen MR) is 65.6 cm³/mol. The van der Waals surface area contributed by atoms with Gasteiger partial charge in [0.1, 0.15) is 0 Å². The fraction of sp³-hybridized carbons (Fsp3) is 0.917. The number of rotatable bonds is 6. The molecule has 1 saturated heterocycles. The highest BCUT2D eigenvalue weighted by atomic mass is 16.5. The van der Waals surface area contributed by atoms with Crippen LogP contribution in [0.15, 0.2) is 0 Å². The Labute approximate surface area is 103 Å². The molecular formula is C12H24N2O3. The third-order valence-electron chi connectivity index (χ3n) is 3.30. The first-order valence-corrected chi connectivity index (χ1v) is 6.22. The maximum absolute atomic E-state index is 11.9.